The van der Waals surface area contributed by atoms with E-state index in [1.807, 2.05) is 18.3 Å². The van der Waals surface area contributed by atoms with Crippen molar-refractivity contribution in [2.24, 2.45) is 0 Å². The first-order chi connectivity index (χ1) is 16.6. The monoisotopic (exact) mass is 497 g/mol. The highest BCUT2D eigenvalue weighted by atomic mass is 32.2. The van der Waals surface area contributed by atoms with Gasteiger partial charge in [0, 0.05) is 42.3 Å². The number of H-pyrrole nitrogens is 1. The molecule has 10 heteroatoms. The number of sulfonamides is 1. The van der Waals surface area contributed by atoms with Crippen LogP contribution in [0.1, 0.15) is 16.7 Å². The molecule has 0 unspecified atom stereocenters. The second-order valence-electron chi connectivity index (χ2n) is 9.26. The van der Waals surface area contributed by atoms with E-state index in [1.165, 1.54) is 15.8 Å². The predicted octanol–water partition coefficient (Wildman–Crippen LogP) is 2.35. The summed E-state index contributed by atoms with van der Waals surface area (Å²) < 4.78 is 25.1. The normalized spacial score (nSPS) is 16.3. The molecule has 3 N–H and O–H groups in total. The first kappa shape index (κ1) is 24.7. The fourth-order valence-corrected chi connectivity index (χ4v) is 4.82. The number of carbonyl (C=O) groups excluding carboxylic acids is 2. The summed E-state index contributed by atoms with van der Waals surface area (Å²) >= 11 is 0. The van der Waals surface area contributed by atoms with Gasteiger partial charge in [-0.2, -0.15) is 0 Å². The van der Waals surface area contributed by atoms with E-state index in [9.17, 15) is 18.0 Å². The van der Waals surface area contributed by atoms with Crippen molar-refractivity contribution in [3.05, 3.63) is 65.4 Å². The summed E-state index contributed by atoms with van der Waals surface area (Å²) in [5.74, 6) is -0.247. The Kier molecular flexibility index (Phi) is 7.13. The maximum atomic E-state index is 12.9. The average Bonchev–Trinajstić information content (AvgIpc) is 3.31. The molecule has 1 aromatic heterocycles. The van der Waals surface area contributed by atoms with E-state index in [1.54, 1.807) is 24.3 Å². The van der Waals surface area contributed by atoms with Crippen molar-refractivity contribution in [3.8, 4) is 0 Å². The third-order valence-electron chi connectivity index (χ3n) is 6.09. The van der Waals surface area contributed by atoms with Crippen LogP contribution in [-0.2, 0) is 34.1 Å². The van der Waals surface area contributed by atoms with Crippen LogP contribution in [0.4, 0.5) is 10.5 Å². The molecule has 0 bridgehead atoms. The smallest absolute Gasteiger partial charge is 0.324 e. The van der Waals surface area contributed by atoms with Gasteiger partial charge in [-0.25, -0.2) is 13.2 Å². The lowest BCUT2D eigenvalue weighted by atomic mass is 10.0. The first-order valence-electron chi connectivity index (χ1n) is 11.5. The molecule has 2 heterocycles. The minimum absolute atomic E-state index is 0.247. The molecule has 1 fully saturated rings. The Morgan fingerprint density at radius 3 is 2.43 bits per heavy atom. The highest BCUT2D eigenvalue weighted by molar-refractivity contribution is 7.92. The van der Waals surface area contributed by atoms with Gasteiger partial charge in [-0.05, 0) is 67.9 Å². The number of aromatic amines is 1. The molecule has 186 valence electrons. The summed E-state index contributed by atoms with van der Waals surface area (Å²) in [4.78, 5) is 32.2. The molecule has 0 radical (unpaired) electrons. The summed E-state index contributed by atoms with van der Waals surface area (Å²) in [6, 6.07) is 11.9. The molecule has 1 atom stereocenters. The van der Waals surface area contributed by atoms with E-state index in [0.29, 0.717) is 25.1 Å². The minimum Gasteiger partial charge on any atom is -0.361 e. The topological polar surface area (TPSA) is 115 Å². The molecule has 1 aliphatic rings. The van der Waals surface area contributed by atoms with Crippen molar-refractivity contribution in [3.63, 3.8) is 0 Å². The van der Waals surface area contributed by atoms with Crippen molar-refractivity contribution in [2.45, 2.75) is 25.3 Å². The molecular weight excluding hydrogens is 466 g/mol. The Labute approximate surface area is 205 Å². The molecular formula is C25H31N5O4S. The molecule has 2 aromatic carbocycles. The van der Waals surface area contributed by atoms with Crippen LogP contribution in [0.3, 0.4) is 0 Å². The van der Waals surface area contributed by atoms with Crippen molar-refractivity contribution < 1.29 is 18.0 Å². The fraction of sp³-hybridized carbons (Fsp3) is 0.360. The largest absolute Gasteiger partial charge is 0.361 e. The first-order valence-corrected chi connectivity index (χ1v) is 13.4. The molecule has 3 amide bonds. The number of hydrogen-bond donors (Lipinski definition) is 3. The average molecular weight is 498 g/mol. The van der Waals surface area contributed by atoms with Crippen molar-refractivity contribution >= 4 is 38.6 Å². The lowest BCUT2D eigenvalue weighted by Gasteiger charge is -2.13. The number of carbonyl (C=O) groups is 2. The van der Waals surface area contributed by atoms with Crippen LogP contribution >= 0.6 is 0 Å². The molecule has 1 aliphatic heterocycles. The van der Waals surface area contributed by atoms with Gasteiger partial charge in [0.05, 0.1) is 6.26 Å². The molecule has 35 heavy (non-hydrogen) atoms. The van der Waals surface area contributed by atoms with E-state index >= 15 is 0 Å². The number of urea groups is 1. The Hall–Kier alpha value is -3.37. The van der Waals surface area contributed by atoms with Gasteiger partial charge in [0.25, 0.3) is 5.91 Å². The van der Waals surface area contributed by atoms with Crippen LogP contribution in [0.2, 0.25) is 0 Å². The van der Waals surface area contributed by atoms with Crippen molar-refractivity contribution in [2.75, 3.05) is 38.2 Å². The minimum atomic E-state index is -3.35. The number of fused-ring (bicyclic) bond motifs is 1. The quantitative estimate of drug-likeness (QED) is 0.372. The zero-order valence-electron chi connectivity index (χ0n) is 20.2. The van der Waals surface area contributed by atoms with Crippen LogP contribution in [0, 0.1) is 0 Å². The highest BCUT2D eigenvalue weighted by Gasteiger charge is 2.37. The van der Waals surface area contributed by atoms with E-state index in [-0.39, 0.29) is 11.9 Å². The number of rotatable bonds is 10. The number of nitrogens with zero attached hydrogens (tertiary/aromatic N) is 2. The number of nitrogens with one attached hydrogen (secondary N) is 3. The summed E-state index contributed by atoms with van der Waals surface area (Å²) in [5.41, 5.74) is 4.68. The zero-order valence-corrected chi connectivity index (χ0v) is 21.0. The van der Waals surface area contributed by atoms with Gasteiger partial charge in [-0.15, -0.1) is 0 Å². The van der Waals surface area contributed by atoms with Crippen LogP contribution in [0.5, 0.6) is 0 Å². The van der Waals surface area contributed by atoms with Crippen molar-refractivity contribution in [1.29, 1.82) is 0 Å². The van der Waals surface area contributed by atoms with Crippen LogP contribution in [0.25, 0.3) is 10.9 Å². The van der Waals surface area contributed by atoms with Gasteiger partial charge in [0.2, 0.25) is 10.0 Å². The van der Waals surface area contributed by atoms with E-state index < -0.39 is 16.1 Å². The lowest BCUT2D eigenvalue weighted by molar-refractivity contribution is -0.127. The molecule has 0 spiro atoms. The van der Waals surface area contributed by atoms with E-state index in [0.717, 1.165) is 35.9 Å². The third kappa shape index (κ3) is 6.20. The number of anilines is 1. The Morgan fingerprint density at radius 2 is 1.74 bits per heavy atom. The summed E-state index contributed by atoms with van der Waals surface area (Å²) in [5, 5.41) is 3.94. The van der Waals surface area contributed by atoms with Crippen LogP contribution in [-0.4, -0.2) is 74.6 Å². The zero-order chi connectivity index (χ0) is 25.2. The maximum Gasteiger partial charge on any atom is 0.324 e. The van der Waals surface area contributed by atoms with Gasteiger partial charge in [-0.3, -0.25) is 14.4 Å². The highest BCUT2D eigenvalue weighted by Crippen LogP contribution is 2.22. The molecule has 0 aliphatic carbocycles. The lowest BCUT2D eigenvalue weighted by Crippen LogP contribution is -2.33. The Bertz CT molecular complexity index is 1330. The molecule has 4 rings (SSSR count). The van der Waals surface area contributed by atoms with Gasteiger partial charge in [0.1, 0.15) is 6.04 Å². The van der Waals surface area contributed by atoms with Gasteiger partial charge in [-0.1, -0.05) is 18.2 Å². The van der Waals surface area contributed by atoms with Crippen LogP contribution < -0.4 is 10.0 Å². The third-order valence-corrected chi connectivity index (χ3v) is 6.69. The standard InChI is InChI=1S/C25H31N5O4S/c1-29(2)12-11-19-16-26-22-9-6-18(14-21(19)22)10-13-30-24(31)23(27-25(30)32)15-17-4-7-20(8-5-17)28-35(3,33)34/h4-9,14,16,23,26,28H,10-13,15H2,1-3H3,(H,27,32)/t23-/m0/s1. The number of imide groups is 1. The molecule has 3 aromatic rings. The molecule has 1 saturated heterocycles. The molecule has 0 saturated carbocycles. The number of amides is 3. The Morgan fingerprint density at radius 1 is 1.03 bits per heavy atom. The summed E-state index contributed by atoms with van der Waals surface area (Å²) in [6.07, 6.45) is 4.99. The van der Waals surface area contributed by atoms with Gasteiger partial charge >= 0.3 is 6.03 Å². The van der Waals surface area contributed by atoms with E-state index in [4.69, 9.17) is 0 Å². The summed E-state index contributed by atoms with van der Waals surface area (Å²) in [7, 11) is 0.751. The number of aromatic nitrogens is 1. The van der Waals surface area contributed by atoms with Gasteiger partial charge < -0.3 is 15.2 Å². The SMILES string of the molecule is CN(C)CCc1c[nH]c2ccc(CCN3C(=O)N[C@@H](Cc4ccc(NS(C)(=O)=O)cc4)C3=O)cc12. The van der Waals surface area contributed by atoms with Crippen molar-refractivity contribution in [1.82, 2.24) is 20.1 Å². The fourth-order valence-electron chi connectivity index (χ4n) is 4.26. The number of benzene rings is 2. The number of hydrogen-bond acceptors (Lipinski definition) is 5. The van der Waals surface area contributed by atoms with E-state index in [2.05, 4.69) is 40.1 Å². The summed E-state index contributed by atoms with van der Waals surface area (Å²) in [6.45, 7) is 1.26. The maximum absolute atomic E-state index is 12.9. The Balaban J connectivity index is 1.37. The van der Waals surface area contributed by atoms with Gasteiger partial charge in [0.15, 0.2) is 0 Å². The number of likely N-dealkylation sites (N-methyl/N-ethyl adjacent to an activating group) is 1. The second kappa shape index (κ2) is 10.1. The molecule has 9 nitrogen and oxygen atoms in total. The second-order valence-corrected chi connectivity index (χ2v) is 11.0. The van der Waals surface area contributed by atoms with Crippen LogP contribution in [0.15, 0.2) is 48.7 Å². The predicted molar refractivity (Wildman–Crippen MR) is 137 cm³/mol.